The first-order chi connectivity index (χ1) is 9.33. The summed E-state index contributed by atoms with van der Waals surface area (Å²) in [6.07, 6.45) is 7.23. The highest BCUT2D eigenvalue weighted by Crippen LogP contribution is 2.38. The number of hydrogen-bond acceptors (Lipinski definition) is 4. The maximum Gasteiger partial charge on any atom is 0.291 e. The van der Waals surface area contributed by atoms with Gasteiger partial charge in [0.15, 0.2) is 5.69 Å². The van der Waals surface area contributed by atoms with Gasteiger partial charge in [-0.1, -0.05) is 0 Å². The molecular formula is C13H13N5O. The average molecular weight is 255 g/mol. The molecule has 6 nitrogen and oxygen atoms in total. The molecule has 1 fully saturated rings. The zero-order valence-electron chi connectivity index (χ0n) is 10.2. The summed E-state index contributed by atoms with van der Waals surface area (Å²) in [5.74, 6) is 0.239. The van der Waals surface area contributed by atoms with E-state index in [9.17, 15) is 4.79 Å². The number of rotatable bonds is 4. The van der Waals surface area contributed by atoms with E-state index in [0.29, 0.717) is 11.6 Å². The van der Waals surface area contributed by atoms with Crippen molar-refractivity contribution in [1.82, 2.24) is 20.6 Å². The van der Waals surface area contributed by atoms with Crippen molar-refractivity contribution in [2.45, 2.75) is 18.8 Å². The molecule has 96 valence electrons. The minimum atomic E-state index is -0.312. The van der Waals surface area contributed by atoms with Crippen LogP contribution in [0.25, 0.3) is 0 Å². The molecule has 3 rings (SSSR count). The summed E-state index contributed by atoms with van der Waals surface area (Å²) in [7, 11) is 0. The van der Waals surface area contributed by atoms with E-state index >= 15 is 0 Å². The van der Waals surface area contributed by atoms with Crippen LogP contribution in [-0.2, 0) is 0 Å². The molecule has 0 atom stereocenters. The first-order valence-electron chi connectivity index (χ1n) is 6.11. The Balaban J connectivity index is 1.59. The van der Waals surface area contributed by atoms with E-state index in [-0.39, 0.29) is 5.91 Å². The lowest BCUT2D eigenvalue weighted by Gasteiger charge is -1.94. The van der Waals surface area contributed by atoms with Crippen LogP contribution in [0.3, 0.4) is 0 Å². The van der Waals surface area contributed by atoms with Crippen LogP contribution in [0.2, 0.25) is 0 Å². The molecule has 2 aromatic heterocycles. The lowest BCUT2D eigenvalue weighted by atomic mass is 10.2. The van der Waals surface area contributed by atoms with Crippen LogP contribution in [0.5, 0.6) is 0 Å². The van der Waals surface area contributed by atoms with Gasteiger partial charge in [-0.05, 0) is 36.6 Å². The topological polar surface area (TPSA) is 83.0 Å². The van der Waals surface area contributed by atoms with Gasteiger partial charge < -0.3 is 0 Å². The standard InChI is InChI=1S/C13H13N5O/c19-13(12-7-11(16-17-12)10-1-2-10)18-15-8-9-3-5-14-6-4-9/h3-8,10H,1-2H2,(H,16,17)(H,18,19)/b15-8-. The Morgan fingerprint density at radius 3 is 2.95 bits per heavy atom. The van der Waals surface area contributed by atoms with Gasteiger partial charge in [0.1, 0.15) is 0 Å². The zero-order chi connectivity index (χ0) is 13.1. The molecule has 6 heteroatoms. The number of aromatic amines is 1. The molecule has 2 aromatic rings. The normalized spacial score (nSPS) is 14.7. The molecule has 1 saturated carbocycles. The minimum absolute atomic E-state index is 0.312. The van der Waals surface area contributed by atoms with Gasteiger partial charge in [0.25, 0.3) is 5.91 Å². The fourth-order valence-corrected chi connectivity index (χ4v) is 1.73. The molecule has 0 saturated heterocycles. The first kappa shape index (κ1) is 11.6. The number of nitrogens with zero attached hydrogens (tertiary/aromatic N) is 3. The summed E-state index contributed by atoms with van der Waals surface area (Å²) in [6.45, 7) is 0. The Hall–Kier alpha value is -2.50. The van der Waals surface area contributed by atoms with Gasteiger partial charge >= 0.3 is 0 Å². The van der Waals surface area contributed by atoms with Crippen molar-refractivity contribution in [3.63, 3.8) is 0 Å². The molecule has 19 heavy (non-hydrogen) atoms. The van der Waals surface area contributed by atoms with Crippen molar-refractivity contribution in [2.75, 3.05) is 0 Å². The predicted molar refractivity (Wildman–Crippen MR) is 69.9 cm³/mol. The molecule has 2 N–H and O–H groups in total. The molecule has 0 bridgehead atoms. The number of carbonyl (C=O) groups excluding carboxylic acids is 1. The van der Waals surface area contributed by atoms with Gasteiger partial charge in [0.2, 0.25) is 0 Å². The highest BCUT2D eigenvalue weighted by molar-refractivity contribution is 5.93. The zero-order valence-corrected chi connectivity index (χ0v) is 10.2. The maximum atomic E-state index is 11.8. The highest BCUT2D eigenvalue weighted by Gasteiger charge is 2.26. The summed E-state index contributed by atoms with van der Waals surface area (Å²) in [4.78, 5) is 15.7. The van der Waals surface area contributed by atoms with Crippen LogP contribution in [0.15, 0.2) is 35.7 Å². The molecule has 0 aliphatic heterocycles. The maximum absolute atomic E-state index is 11.8. The lowest BCUT2D eigenvalue weighted by molar-refractivity contribution is 0.0950. The molecule has 1 aliphatic rings. The summed E-state index contributed by atoms with van der Waals surface area (Å²) < 4.78 is 0. The highest BCUT2D eigenvalue weighted by atomic mass is 16.2. The SMILES string of the molecule is O=C(N/N=C\c1ccncc1)c1cc(C2CC2)[nH]n1. The van der Waals surface area contributed by atoms with Gasteiger partial charge in [-0.3, -0.25) is 14.9 Å². The number of nitrogens with one attached hydrogen (secondary N) is 2. The molecule has 1 amide bonds. The first-order valence-corrected chi connectivity index (χ1v) is 6.11. The van der Waals surface area contributed by atoms with Crippen LogP contribution in [0.1, 0.15) is 40.5 Å². The van der Waals surface area contributed by atoms with Gasteiger partial charge in [-0.15, -0.1) is 0 Å². The number of amides is 1. The second-order valence-corrected chi connectivity index (χ2v) is 4.46. The van der Waals surface area contributed by atoms with Crippen LogP contribution in [-0.4, -0.2) is 27.3 Å². The van der Waals surface area contributed by atoms with E-state index in [1.54, 1.807) is 36.8 Å². The van der Waals surface area contributed by atoms with E-state index in [4.69, 9.17) is 0 Å². The summed E-state index contributed by atoms with van der Waals surface area (Å²) >= 11 is 0. The smallest absolute Gasteiger partial charge is 0.281 e. The Morgan fingerprint density at radius 1 is 1.42 bits per heavy atom. The molecule has 2 heterocycles. The average Bonchev–Trinajstić information content (AvgIpc) is 3.17. The van der Waals surface area contributed by atoms with E-state index in [0.717, 1.165) is 11.3 Å². The number of aromatic nitrogens is 3. The van der Waals surface area contributed by atoms with E-state index < -0.39 is 0 Å². The third-order valence-electron chi connectivity index (χ3n) is 2.93. The van der Waals surface area contributed by atoms with Crippen molar-refractivity contribution in [2.24, 2.45) is 5.10 Å². The minimum Gasteiger partial charge on any atom is -0.281 e. The van der Waals surface area contributed by atoms with E-state index in [1.165, 1.54) is 12.8 Å². The van der Waals surface area contributed by atoms with Crippen molar-refractivity contribution in [3.8, 4) is 0 Å². The fraction of sp³-hybridized carbons (Fsp3) is 0.231. The van der Waals surface area contributed by atoms with Crippen molar-refractivity contribution < 1.29 is 4.79 Å². The summed E-state index contributed by atoms with van der Waals surface area (Å²) in [5, 5.41) is 10.7. The van der Waals surface area contributed by atoms with E-state index in [1.807, 2.05) is 0 Å². The monoisotopic (exact) mass is 255 g/mol. The fourth-order valence-electron chi connectivity index (χ4n) is 1.73. The third kappa shape index (κ3) is 2.85. The second kappa shape index (κ2) is 5.01. The Labute approximate surface area is 110 Å². The van der Waals surface area contributed by atoms with Gasteiger partial charge in [0.05, 0.1) is 6.21 Å². The summed E-state index contributed by atoms with van der Waals surface area (Å²) in [5.41, 5.74) is 4.72. The number of hydrazone groups is 1. The number of hydrogen-bond donors (Lipinski definition) is 2. The second-order valence-electron chi connectivity index (χ2n) is 4.46. The van der Waals surface area contributed by atoms with Crippen LogP contribution < -0.4 is 5.43 Å². The van der Waals surface area contributed by atoms with Crippen molar-refractivity contribution >= 4 is 12.1 Å². The third-order valence-corrected chi connectivity index (χ3v) is 2.93. The molecule has 0 unspecified atom stereocenters. The Morgan fingerprint density at radius 2 is 2.21 bits per heavy atom. The van der Waals surface area contributed by atoms with Gasteiger partial charge in [0, 0.05) is 24.0 Å². The number of pyridine rings is 1. The van der Waals surface area contributed by atoms with Crippen LogP contribution in [0.4, 0.5) is 0 Å². The lowest BCUT2D eigenvalue weighted by Crippen LogP contribution is -2.18. The number of H-pyrrole nitrogens is 1. The van der Waals surface area contributed by atoms with Crippen molar-refractivity contribution in [3.05, 3.63) is 47.5 Å². The quantitative estimate of drug-likeness (QED) is 0.640. The largest absolute Gasteiger partial charge is 0.291 e. The van der Waals surface area contributed by atoms with Gasteiger partial charge in [-0.25, -0.2) is 5.43 Å². The molecule has 0 aromatic carbocycles. The van der Waals surface area contributed by atoms with Crippen molar-refractivity contribution in [1.29, 1.82) is 0 Å². The Kier molecular flexibility index (Phi) is 3.06. The molecule has 1 aliphatic carbocycles. The number of carbonyl (C=O) groups is 1. The van der Waals surface area contributed by atoms with E-state index in [2.05, 4.69) is 25.7 Å². The summed E-state index contributed by atoms with van der Waals surface area (Å²) in [6, 6.07) is 5.39. The van der Waals surface area contributed by atoms with Crippen LogP contribution in [0, 0.1) is 0 Å². The van der Waals surface area contributed by atoms with Gasteiger partial charge in [-0.2, -0.15) is 10.2 Å². The van der Waals surface area contributed by atoms with Crippen LogP contribution >= 0.6 is 0 Å². The Bertz CT molecular complexity index is 601. The molecule has 0 radical (unpaired) electrons. The molecular weight excluding hydrogens is 242 g/mol. The predicted octanol–water partition coefficient (Wildman–Crippen LogP) is 1.45. The molecule has 0 spiro atoms.